The van der Waals surface area contributed by atoms with Crippen LogP contribution in [0.25, 0.3) is 0 Å². The largest absolute Gasteiger partial charge is 0.456 e. The van der Waals surface area contributed by atoms with Crippen molar-refractivity contribution in [3.8, 4) is 0 Å². The zero-order valence-corrected chi connectivity index (χ0v) is 17.6. The van der Waals surface area contributed by atoms with Gasteiger partial charge in [0.2, 0.25) is 0 Å². The lowest BCUT2D eigenvalue weighted by atomic mass is 9.49. The van der Waals surface area contributed by atoms with Crippen LogP contribution in [0.3, 0.4) is 0 Å². The number of fused-ring (bicyclic) bond motifs is 1. The van der Waals surface area contributed by atoms with Gasteiger partial charge in [0.25, 0.3) is 0 Å². The molecule has 0 amide bonds. The highest BCUT2D eigenvalue weighted by atomic mass is 16.6. The molecule has 10 heteroatoms. The molecule has 5 N–H and O–H groups in total. The molecule has 0 aromatic rings. The fraction of sp³-hybridized carbons (Fsp3) is 0.900. The van der Waals surface area contributed by atoms with Crippen LogP contribution < -0.4 is 0 Å². The summed E-state index contributed by atoms with van der Waals surface area (Å²) in [6, 6.07) is 0. The van der Waals surface area contributed by atoms with E-state index in [4.69, 9.17) is 14.2 Å². The number of ether oxygens (including phenoxy) is 3. The van der Waals surface area contributed by atoms with Gasteiger partial charge in [-0.1, -0.05) is 6.92 Å². The fourth-order valence-corrected chi connectivity index (χ4v) is 6.85. The first-order valence-electron chi connectivity index (χ1n) is 10.1. The topological polar surface area (TPSA) is 163 Å². The molecule has 30 heavy (non-hydrogen) atoms. The minimum atomic E-state index is -2.11. The van der Waals surface area contributed by atoms with Crippen molar-refractivity contribution in [2.24, 2.45) is 23.2 Å². The molecule has 4 fully saturated rings. The number of rotatable bonds is 3. The highest BCUT2D eigenvalue weighted by molar-refractivity contribution is 5.81. The molecule has 2 saturated carbocycles. The highest BCUT2D eigenvalue weighted by Crippen LogP contribution is 2.71. The third-order valence-electron chi connectivity index (χ3n) is 8.25. The van der Waals surface area contributed by atoms with Gasteiger partial charge in [0.1, 0.15) is 11.7 Å². The Bertz CT molecular complexity index is 776. The van der Waals surface area contributed by atoms with E-state index in [0.717, 1.165) is 0 Å². The summed E-state index contributed by atoms with van der Waals surface area (Å²) in [5.41, 5.74) is -7.19. The molecular formula is C20H30O10. The van der Waals surface area contributed by atoms with Gasteiger partial charge in [-0.25, -0.2) is 0 Å². The Kier molecular flexibility index (Phi) is 4.49. The summed E-state index contributed by atoms with van der Waals surface area (Å²) < 4.78 is 16.6. The monoisotopic (exact) mass is 430 g/mol. The molecule has 0 aromatic carbocycles. The first-order valence-corrected chi connectivity index (χ1v) is 10.1. The van der Waals surface area contributed by atoms with Crippen LogP contribution in [0.4, 0.5) is 0 Å². The zero-order chi connectivity index (χ0) is 22.6. The van der Waals surface area contributed by atoms with E-state index in [9.17, 15) is 35.1 Å². The Morgan fingerprint density at radius 1 is 1.23 bits per heavy atom. The number of hydrogen-bond donors (Lipinski definition) is 5. The summed E-state index contributed by atoms with van der Waals surface area (Å²) >= 11 is 0. The molecule has 2 saturated heterocycles. The summed E-state index contributed by atoms with van der Waals surface area (Å²) in [6.45, 7) is 5.71. The summed E-state index contributed by atoms with van der Waals surface area (Å²) in [5.74, 6) is -5.17. The fourth-order valence-electron chi connectivity index (χ4n) is 6.85. The first kappa shape index (κ1) is 21.9. The van der Waals surface area contributed by atoms with Crippen LogP contribution in [0.1, 0.15) is 34.1 Å². The molecular weight excluding hydrogens is 400 g/mol. The SMILES string of the molecule is CO[C@@H]1[C@H](O)[C@@H](C(C)(C)O)[C@@H]2C(=O)O[C@@H]3[C@@H](O)[C@]4(C[C@@H](C(C)O)C(=O)O4)[C@@]1(C)[C@@]32O. The maximum absolute atomic E-state index is 12.8. The minimum absolute atomic E-state index is 0.163. The predicted molar refractivity (Wildman–Crippen MR) is 97.6 cm³/mol. The second kappa shape index (κ2) is 6.14. The van der Waals surface area contributed by atoms with Gasteiger partial charge in [0.15, 0.2) is 11.7 Å². The van der Waals surface area contributed by atoms with Crippen molar-refractivity contribution in [1.29, 1.82) is 0 Å². The molecule has 0 bridgehead atoms. The van der Waals surface area contributed by atoms with Crippen molar-refractivity contribution in [2.45, 2.75) is 81.4 Å². The van der Waals surface area contributed by atoms with Gasteiger partial charge in [0, 0.05) is 19.4 Å². The van der Waals surface area contributed by atoms with Crippen LogP contribution in [0, 0.1) is 23.2 Å². The van der Waals surface area contributed by atoms with Crippen LogP contribution in [0.15, 0.2) is 0 Å². The van der Waals surface area contributed by atoms with Crippen LogP contribution in [-0.4, -0.2) is 91.9 Å². The Balaban J connectivity index is 1.97. The molecule has 0 aromatic heterocycles. The van der Waals surface area contributed by atoms with E-state index < -0.39 is 82.4 Å². The molecule has 11 atom stereocenters. The van der Waals surface area contributed by atoms with E-state index in [1.807, 2.05) is 0 Å². The Hall–Kier alpha value is -1.30. The van der Waals surface area contributed by atoms with Gasteiger partial charge >= 0.3 is 11.9 Å². The summed E-state index contributed by atoms with van der Waals surface area (Å²) in [6.07, 6.45) is -7.02. The predicted octanol–water partition coefficient (Wildman–Crippen LogP) is -1.90. The van der Waals surface area contributed by atoms with E-state index >= 15 is 0 Å². The highest BCUT2D eigenvalue weighted by Gasteiger charge is 2.90. The molecule has 1 unspecified atom stereocenters. The van der Waals surface area contributed by atoms with Gasteiger partial charge in [-0.05, 0) is 20.8 Å². The number of methoxy groups -OCH3 is 1. The van der Waals surface area contributed by atoms with Crippen LogP contribution in [0.2, 0.25) is 0 Å². The van der Waals surface area contributed by atoms with Crippen molar-refractivity contribution in [1.82, 2.24) is 0 Å². The molecule has 2 heterocycles. The first-order chi connectivity index (χ1) is 13.7. The van der Waals surface area contributed by atoms with Crippen LogP contribution >= 0.6 is 0 Å². The van der Waals surface area contributed by atoms with E-state index in [0.29, 0.717) is 0 Å². The molecule has 1 spiro atoms. The summed E-state index contributed by atoms with van der Waals surface area (Å²) in [5, 5.41) is 55.3. The van der Waals surface area contributed by atoms with Crippen molar-refractivity contribution in [3.05, 3.63) is 0 Å². The van der Waals surface area contributed by atoms with Crippen LogP contribution in [0.5, 0.6) is 0 Å². The van der Waals surface area contributed by atoms with Gasteiger partial charge < -0.3 is 39.7 Å². The number of carbonyl (C=O) groups is 2. The Morgan fingerprint density at radius 3 is 2.30 bits per heavy atom. The normalized spacial score (nSPS) is 53.6. The molecule has 0 radical (unpaired) electrons. The molecule has 4 aliphatic rings. The van der Waals surface area contributed by atoms with Crippen LogP contribution in [-0.2, 0) is 23.8 Å². The maximum atomic E-state index is 12.8. The second-order valence-electron chi connectivity index (χ2n) is 10.00. The Labute approximate surface area is 173 Å². The van der Waals surface area contributed by atoms with E-state index in [2.05, 4.69) is 0 Å². The third-order valence-corrected chi connectivity index (χ3v) is 8.25. The zero-order valence-electron chi connectivity index (χ0n) is 17.6. The minimum Gasteiger partial charge on any atom is -0.456 e. The van der Waals surface area contributed by atoms with Crippen molar-refractivity contribution < 1.29 is 49.3 Å². The molecule has 2 aliphatic carbocycles. The number of carbonyl (C=O) groups excluding carboxylic acids is 2. The molecule has 4 rings (SSSR count). The summed E-state index contributed by atoms with van der Waals surface area (Å²) in [4.78, 5) is 25.4. The van der Waals surface area contributed by atoms with Gasteiger partial charge in [0.05, 0.1) is 41.2 Å². The number of aliphatic hydroxyl groups is 5. The molecule has 2 aliphatic heterocycles. The van der Waals surface area contributed by atoms with Crippen molar-refractivity contribution in [2.75, 3.05) is 7.11 Å². The average molecular weight is 430 g/mol. The van der Waals surface area contributed by atoms with Gasteiger partial charge in [-0.3, -0.25) is 9.59 Å². The lowest BCUT2D eigenvalue weighted by molar-refractivity contribution is -0.292. The smallest absolute Gasteiger partial charge is 0.313 e. The third kappa shape index (κ3) is 2.14. The van der Waals surface area contributed by atoms with E-state index in [1.54, 1.807) is 0 Å². The molecule has 10 nitrogen and oxygen atoms in total. The molecule has 170 valence electrons. The quantitative estimate of drug-likeness (QED) is 0.320. The number of aliphatic hydroxyl groups excluding tert-OH is 3. The second-order valence-corrected chi connectivity index (χ2v) is 10.00. The number of hydrogen-bond acceptors (Lipinski definition) is 10. The van der Waals surface area contributed by atoms with Gasteiger partial charge in [-0.15, -0.1) is 0 Å². The van der Waals surface area contributed by atoms with E-state index in [1.165, 1.54) is 34.8 Å². The maximum Gasteiger partial charge on any atom is 0.313 e. The standard InChI is InChI=1S/C20H30O10/c1-7(21)8-6-19(30-15(8)24)12(23)14-20(27)10(16(25)29-14)9(17(2,3)26)11(22)13(28-5)18(19,20)4/h7-14,21-23,26-27H,6H2,1-5H3/t7?,8-,9-,10+,11+,12+,13+,14+,18-,19+,20-/m0/s1. The lowest BCUT2D eigenvalue weighted by Gasteiger charge is -2.59. The lowest BCUT2D eigenvalue weighted by Crippen LogP contribution is -2.75. The van der Waals surface area contributed by atoms with Crippen molar-refractivity contribution >= 4 is 11.9 Å². The average Bonchev–Trinajstić information content (AvgIpc) is 3.15. The summed E-state index contributed by atoms with van der Waals surface area (Å²) in [7, 11) is 1.29. The van der Waals surface area contributed by atoms with Crippen molar-refractivity contribution in [3.63, 3.8) is 0 Å². The van der Waals surface area contributed by atoms with E-state index in [-0.39, 0.29) is 6.42 Å². The Morgan fingerprint density at radius 2 is 1.83 bits per heavy atom. The number of esters is 2. The van der Waals surface area contributed by atoms with Gasteiger partial charge in [-0.2, -0.15) is 0 Å².